The molecule has 72 valence electrons. The van der Waals surface area contributed by atoms with E-state index in [-0.39, 0.29) is 0 Å². The lowest BCUT2D eigenvalue weighted by Gasteiger charge is -2.28. The Morgan fingerprint density at radius 2 is 1.69 bits per heavy atom. The van der Waals surface area contributed by atoms with Crippen LogP contribution >= 0.6 is 0 Å². The monoisotopic (exact) mass is 177 g/mol. The molecule has 2 unspecified atom stereocenters. The fourth-order valence-corrected chi connectivity index (χ4v) is 3.34. The van der Waals surface area contributed by atoms with Gasteiger partial charge in [0.2, 0.25) is 0 Å². The molecule has 1 fully saturated rings. The van der Waals surface area contributed by atoms with Crippen molar-refractivity contribution in [3.8, 4) is 0 Å². The summed E-state index contributed by atoms with van der Waals surface area (Å²) in [5.41, 5.74) is 0.861. The van der Waals surface area contributed by atoms with Crippen molar-refractivity contribution in [1.82, 2.24) is 0 Å². The molecule has 1 aliphatic carbocycles. The Bertz CT molecular complexity index is 243. The van der Waals surface area contributed by atoms with Crippen LogP contribution in [-0.4, -0.2) is 6.21 Å². The van der Waals surface area contributed by atoms with E-state index in [0.29, 0.717) is 22.7 Å². The first kappa shape index (κ1) is 8.98. The van der Waals surface area contributed by atoms with E-state index in [0.717, 1.165) is 0 Å². The van der Waals surface area contributed by atoms with E-state index < -0.39 is 0 Å². The number of hydrogen-bond donors (Lipinski definition) is 0. The first-order chi connectivity index (χ1) is 5.93. The van der Waals surface area contributed by atoms with Crippen molar-refractivity contribution in [1.29, 1.82) is 0 Å². The molecule has 0 N–H and O–H groups in total. The number of allylic oxidation sites excluding steroid dienone is 1. The van der Waals surface area contributed by atoms with Crippen molar-refractivity contribution in [2.24, 2.45) is 27.7 Å². The van der Waals surface area contributed by atoms with Crippen molar-refractivity contribution in [2.45, 2.75) is 34.1 Å². The van der Waals surface area contributed by atoms with E-state index in [9.17, 15) is 0 Å². The summed E-state index contributed by atoms with van der Waals surface area (Å²) in [5.74, 6) is 1.34. The highest BCUT2D eigenvalue weighted by molar-refractivity contribution is 5.66. The Morgan fingerprint density at radius 3 is 2.31 bits per heavy atom. The van der Waals surface area contributed by atoms with Gasteiger partial charge in [0, 0.05) is 18.3 Å². The van der Waals surface area contributed by atoms with Crippen molar-refractivity contribution in [2.75, 3.05) is 0 Å². The summed E-state index contributed by atoms with van der Waals surface area (Å²) in [7, 11) is 0. The summed E-state index contributed by atoms with van der Waals surface area (Å²) in [6.07, 6.45) is 7.70. The highest BCUT2D eigenvalue weighted by Gasteiger charge is 2.50. The van der Waals surface area contributed by atoms with Crippen molar-refractivity contribution in [3.63, 3.8) is 0 Å². The van der Waals surface area contributed by atoms with Crippen LogP contribution in [0, 0.1) is 22.7 Å². The highest BCUT2D eigenvalue weighted by atomic mass is 14.7. The third-order valence-corrected chi connectivity index (χ3v) is 3.73. The van der Waals surface area contributed by atoms with Gasteiger partial charge in [0.1, 0.15) is 0 Å². The maximum Gasteiger partial charge on any atom is 0.0227 e. The zero-order chi connectivity index (χ0) is 9.69. The molecule has 2 aliphatic rings. The van der Waals surface area contributed by atoms with Gasteiger partial charge < -0.3 is 0 Å². The normalized spacial score (nSPS) is 39.1. The summed E-state index contributed by atoms with van der Waals surface area (Å²) in [6, 6.07) is 0. The van der Waals surface area contributed by atoms with Gasteiger partial charge in [-0.1, -0.05) is 33.8 Å². The minimum atomic E-state index is 0.419. The van der Waals surface area contributed by atoms with Crippen molar-refractivity contribution >= 4 is 6.21 Å². The molecule has 0 aromatic heterocycles. The second-order valence-electron chi connectivity index (χ2n) is 5.85. The Hall–Kier alpha value is -0.590. The molecule has 2 rings (SSSR count). The summed E-state index contributed by atoms with van der Waals surface area (Å²) < 4.78 is 0. The summed E-state index contributed by atoms with van der Waals surface area (Å²) >= 11 is 0. The van der Waals surface area contributed by atoms with Crippen LogP contribution in [0.25, 0.3) is 0 Å². The van der Waals surface area contributed by atoms with Crippen LogP contribution in [0.2, 0.25) is 0 Å². The maximum absolute atomic E-state index is 4.28. The third-order valence-electron chi connectivity index (χ3n) is 3.73. The number of fused-ring (bicyclic) bond motifs is 1. The predicted molar refractivity (Wildman–Crippen MR) is 56.8 cm³/mol. The standard InChI is InChI=1S/C12H19N/c1-11(2)8-12(3,4)10-7-13-6-5-9(10)11/h5-7,9-10H,8H2,1-4H3. The van der Waals surface area contributed by atoms with Crippen LogP contribution < -0.4 is 0 Å². The van der Waals surface area contributed by atoms with Gasteiger partial charge >= 0.3 is 0 Å². The lowest BCUT2D eigenvalue weighted by atomic mass is 9.77. The number of rotatable bonds is 0. The molecule has 0 aromatic rings. The number of aliphatic imine (C=N–C) groups is 1. The second kappa shape index (κ2) is 2.46. The molecular weight excluding hydrogens is 158 g/mol. The van der Waals surface area contributed by atoms with Crippen LogP contribution in [0.15, 0.2) is 17.3 Å². The Labute approximate surface area is 80.9 Å². The van der Waals surface area contributed by atoms with Gasteiger partial charge in [-0.15, -0.1) is 0 Å². The Morgan fingerprint density at radius 1 is 1.08 bits per heavy atom. The molecule has 13 heavy (non-hydrogen) atoms. The first-order valence-corrected chi connectivity index (χ1v) is 5.13. The van der Waals surface area contributed by atoms with Crippen molar-refractivity contribution in [3.05, 3.63) is 12.3 Å². The van der Waals surface area contributed by atoms with Crippen LogP contribution in [0.1, 0.15) is 34.1 Å². The average molecular weight is 177 g/mol. The fraction of sp³-hybridized carbons (Fsp3) is 0.750. The van der Waals surface area contributed by atoms with Crippen molar-refractivity contribution < 1.29 is 0 Å². The molecule has 1 nitrogen and oxygen atoms in total. The third kappa shape index (κ3) is 1.25. The summed E-state index contributed by atoms with van der Waals surface area (Å²) in [6.45, 7) is 9.49. The molecule has 0 spiro atoms. The van der Waals surface area contributed by atoms with E-state index in [1.165, 1.54) is 6.42 Å². The second-order valence-corrected chi connectivity index (χ2v) is 5.85. The lowest BCUT2D eigenvalue weighted by Crippen LogP contribution is -2.25. The molecule has 2 atom stereocenters. The van der Waals surface area contributed by atoms with Gasteiger partial charge in [0.25, 0.3) is 0 Å². The maximum atomic E-state index is 4.28. The zero-order valence-corrected chi connectivity index (χ0v) is 9.04. The largest absolute Gasteiger partial charge is 0.269 e. The first-order valence-electron chi connectivity index (χ1n) is 5.13. The average Bonchev–Trinajstić information content (AvgIpc) is 2.20. The minimum Gasteiger partial charge on any atom is -0.269 e. The van der Waals surface area contributed by atoms with E-state index in [1.807, 2.05) is 6.20 Å². The molecule has 1 aliphatic heterocycles. The van der Waals surface area contributed by atoms with E-state index >= 15 is 0 Å². The van der Waals surface area contributed by atoms with Crippen LogP contribution in [0.3, 0.4) is 0 Å². The van der Waals surface area contributed by atoms with Gasteiger partial charge in [-0.25, -0.2) is 0 Å². The molecule has 0 amide bonds. The van der Waals surface area contributed by atoms with Gasteiger partial charge in [0.15, 0.2) is 0 Å². The molecule has 0 aromatic carbocycles. The fourth-order valence-electron chi connectivity index (χ4n) is 3.34. The summed E-state index contributed by atoms with van der Waals surface area (Å²) in [5, 5.41) is 0. The quantitative estimate of drug-likeness (QED) is 0.538. The number of hydrogen-bond acceptors (Lipinski definition) is 1. The molecule has 1 heterocycles. The van der Waals surface area contributed by atoms with Gasteiger partial charge in [0.05, 0.1) is 0 Å². The molecule has 0 saturated heterocycles. The highest BCUT2D eigenvalue weighted by Crippen LogP contribution is 2.56. The van der Waals surface area contributed by atoms with E-state index in [4.69, 9.17) is 0 Å². The molecular formula is C12H19N. The van der Waals surface area contributed by atoms with Crippen LogP contribution in [0.4, 0.5) is 0 Å². The Balaban J connectivity index is 2.38. The van der Waals surface area contributed by atoms with Gasteiger partial charge in [-0.3, -0.25) is 4.99 Å². The van der Waals surface area contributed by atoms with Crippen LogP contribution in [-0.2, 0) is 0 Å². The van der Waals surface area contributed by atoms with Gasteiger partial charge in [-0.2, -0.15) is 0 Å². The zero-order valence-electron chi connectivity index (χ0n) is 9.04. The van der Waals surface area contributed by atoms with E-state index in [1.54, 1.807) is 0 Å². The molecule has 1 saturated carbocycles. The number of nitrogens with zero attached hydrogens (tertiary/aromatic N) is 1. The van der Waals surface area contributed by atoms with Gasteiger partial charge in [-0.05, 0) is 23.2 Å². The van der Waals surface area contributed by atoms with E-state index in [2.05, 4.69) is 45.0 Å². The lowest BCUT2D eigenvalue weighted by molar-refractivity contribution is 0.283. The smallest absolute Gasteiger partial charge is 0.0227 e. The Kier molecular flexibility index (Phi) is 1.70. The molecule has 0 radical (unpaired) electrons. The molecule has 1 heteroatoms. The SMILES string of the molecule is CC1(C)CC(C)(C)C2C=NC=CC21. The molecule has 0 bridgehead atoms. The minimum absolute atomic E-state index is 0.419. The van der Waals surface area contributed by atoms with Crippen LogP contribution in [0.5, 0.6) is 0 Å². The predicted octanol–water partition coefficient (Wildman–Crippen LogP) is 3.27. The summed E-state index contributed by atoms with van der Waals surface area (Å²) in [4.78, 5) is 4.28. The topological polar surface area (TPSA) is 12.4 Å².